The summed E-state index contributed by atoms with van der Waals surface area (Å²) in [7, 11) is 0. The highest BCUT2D eigenvalue weighted by molar-refractivity contribution is 6.39. The van der Waals surface area contributed by atoms with Gasteiger partial charge in [0.1, 0.15) is 5.69 Å². The van der Waals surface area contributed by atoms with Crippen LogP contribution in [0.2, 0.25) is 15.1 Å². The molecule has 3 rings (SSSR count). The zero-order chi connectivity index (χ0) is 24.9. The Labute approximate surface area is 194 Å². The van der Waals surface area contributed by atoms with E-state index in [9.17, 15) is 35.5 Å². The molecule has 0 amide bonds. The van der Waals surface area contributed by atoms with E-state index in [0.717, 1.165) is 12.1 Å². The Morgan fingerprint density at radius 3 is 1.88 bits per heavy atom. The Balaban J connectivity index is 2.10. The standard InChI is InChI=1S/C19H7Cl3F7NO3/c20-10-2-1-7(3-9(10)16(31)32)13-6-14(33-30-13)15-11(21)4-8(5-12(15)22)17(23,18(24,25)26)19(27,28)29/h1-6H,(H,31,32). The number of benzene rings is 2. The molecule has 4 nitrogen and oxygen atoms in total. The maximum absolute atomic E-state index is 14.3. The van der Waals surface area contributed by atoms with Gasteiger partial charge < -0.3 is 9.63 Å². The van der Waals surface area contributed by atoms with E-state index in [1.807, 2.05) is 0 Å². The highest BCUT2D eigenvalue weighted by atomic mass is 35.5. The van der Waals surface area contributed by atoms with Crippen molar-refractivity contribution in [2.45, 2.75) is 18.0 Å². The number of carboxylic acid groups (broad SMARTS) is 1. The largest absolute Gasteiger partial charge is 0.478 e. The van der Waals surface area contributed by atoms with Crippen LogP contribution >= 0.6 is 34.8 Å². The van der Waals surface area contributed by atoms with Crippen LogP contribution in [-0.4, -0.2) is 28.6 Å². The lowest BCUT2D eigenvalue weighted by Crippen LogP contribution is -2.50. The Morgan fingerprint density at radius 1 is 0.848 bits per heavy atom. The molecule has 33 heavy (non-hydrogen) atoms. The van der Waals surface area contributed by atoms with Crippen molar-refractivity contribution in [2.75, 3.05) is 0 Å². The monoisotopic (exact) mass is 535 g/mol. The lowest BCUT2D eigenvalue weighted by atomic mass is 9.93. The normalized spacial score (nSPS) is 12.8. The van der Waals surface area contributed by atoms with Crippen molar-refractivity contribution in [2.24, 2.45) is 0 Å². The molecule has 0 aliphatic carbocycles. The lowest BCUT2D eigenvalue weighted by Gasteiger charge is -2.30. The Hall–Kier alpha value is -2.50. The summed E-state index contributed by atoms with van der Waals surface area (Å²) in [4.78, 5) is 11.2. The second kappa shape index (κ2) is 8.37. The van der Waals surface area contributed by atoms with Gasteiger partial charge in [-0.25, -0.2) is 9.18 Å². The molecule has 1 heterocycles. The molecule has 0 aliphatic rings. The van der Waals surface area contributed by atoms with Gasteiger partial charge in [-0.15, -0.1) is 0 Å². The van der Waals surface area contributed by atoms with E-state index in [-0.39, 0.29) is 45.3 Å². The van der Waals surface area contributed by atoms with E-state index >= 15 is 0 Å². The van der Waals surface area contributed by atoms with Crippen LogP contribution in [0.1, 0.15) is 15.9 Å². The zero-order valence-corrected chi connectivity index (χ0v) is 17.7. The van der Waals surface area contributed by atoms with Gasteiger partial charge in [0.2, 0.25) is 0 Å². The third-order valence-electron chi connectivity index (χ3n) is 4.47. The van der Waals surface area contributed by atoms with Gasteiger partial charge in [-0.3, -0.25) is 0 Å². The summed E-state index contributed by atoms with van der Waals surface area (Å²) < 4.78 is 97.5. The van der Waals surface area contributed by atoms with E-state index in [2.05, 4.69) is 5.16 Å². The topological polar surface area (TPSA) is 63.3 Å². The minimum atomic E-state index is -6.35. The molecule has 0 saturated heterocycles. The SMILES string of the molecule is O=C(O)c1cc(-c2cc(-c3c(Cl)cc(C(F)(C(F)(F)F)C(F)(F)F)cc3Cl)on2)ccc1Cl. The van der Waals surface area contributed by atoms with E-state index < -0.39 is 39.6 Å². The first-order valence-electron chi connectivity index (χ1n) is 8.40. The fourth-order valence-electron chi connectivity index (χ4n) is 2.87. The molecule has 0 unspecified atom stereocenters. The third kappa shape index (κ3) is 4.36. The maximum atomic E-state index is 14.3. The molecule has 3 aromatic rings. The molecular formula is C19H7Cl3F7NO3. The molecule has 0 atom stereocenters. The van der Waals surface area contributed by atoms with Crippen molar-refractivity contribution in [1.82, 2.24) is 5.16 Å². The van der Waals surface area contributed by atoms with Crippen molar-refractivity contribution in [1.29, 1.82) is 0 Å². The maximum Gasteiger partial charge on any atom is 0.435 e. The van der Waals surface area contributed by atoms with Crippen LogP contribution in [0.15, 0.2) is 40.9 Å². The minimum absolute atomic E-state index is 0.0193. The van der Waals surface area contributed by atoms with Crippen LogP contribution in [0.4, 0.5) is 30.7 Å². The molecule has 0 bridgehead atoms. The van der Waals surface area contributed by atoms with Gasteiger partial charge in [0.15, 0.2) is 5.76 Å². The fraction of sp³-hybridized carbons (Fsp3) is 0.158. The average Bonchev–Trinajstić information content (AvgIpc) is 3.14. The van der Waals surface area contributed by atoms with Gasteiger partial charge in [-0.05, 0) is 24.3 Å². The van der Waals surface area contributed by atoms with E-state index in [1.165, 1.54) is 12.1 Å². The van der Waals surface area contributed by atoms with Crippen LogP contribution in [0, 0.1) is 0 Å². The number of hydrogen-bond donors (Lipinski definition) is 1. The highest BCUT2D eigenvalue weighted by Crippen LogP contribution is 2.54. The molecule has 14 heteroatoms. The van der Waals surface area contributed by atoms with E-state index in [4.69, 9.17) is 44.4 Å². The first-order valence-corrected chi connectivity index (χ1v) is 9.53. The number of aromatic carboxylic acids is 1. The lowest BCUT2D eigenvalue weighted by molar-refractivity contribution is -0.348. The van der Waals surface area contributed by atoms with Gasteiger partial charge in [0, 0.05) is 17.2 Å². The van der Waals surface area contributed by atoms with Gasteiger partial charge in [-0.1, -0.05) is 46.0 Å². The van der Waals surface area contributed by atoms with Crippen LogP contribution in [-0.2, 0) is 5.67 Å². The molecule has 1 aromatic heterocycles. The van der Waals surface area contributed by atoms with E-state index in [0.29, 0.717) is 0 Å². The second-order valence-corrected chi connectivity index (χ2v) is 7.77. The number of carboxylic acids is 1. The van der Waals surface area contributed by atoms with Crippen LogP contribution < -0.4 is 0 Å². The van der Waals surface area contributed by atoms with Crippen molar-refractivity contribution in [3.63, 3.8) is 0 Å². The molecule has 0 saturated carbocycles. The molecule has 0 radical (unpaired) electrons. The average molecular weight is 537 g/mol. The summed E-state index contributed by atoms with van der Waals surface area (Å²) in [5.41, 5.74) is -8.00. The number of halogens is 10. The first kappa shape index (κ1) is 25.1. The summed E-state index contributed by atoms with van der Waals surface area (Å²) in [5, 5.41) is 11.2. The zero-order valence-electron chi connectivity index (χ0n) is 15.5. The number of alkyl halides is 7. The van der Waals surface area contributed by atoms with Crippen molar-refractivity contribution in [3.8, 4) is 22.6 Å². The smallest absolute Gasteiger partial charge is 0.435 e. The molecule has 2 aromatic carbocycles. The first-order chi connectivity index (χ1) is 15.1. The molecule has 0 aliphatic heterocycles. The van der Waals surface area contributed by atoms with Gasteiger partial charge in [-0.2, -0.15) is 26.3 Å². The van der Waals surface area contributed by atoms with Gasteiger partial charge in [0.25, 0.3) is 0 Å². The van der Waals surface area contributed by atoms with Crippen LogP contribution in [0.5, 0.6) is 0 Å². The quantitative estimate of drug-likeness (QED) is 0.344. The number of carbonyl (C=O) groups is 1. The predicted molar refractivity (Wildman–Crippen MR) is 104 cm³/mol. The van der Waals surface area contributed by atoms with Crippen molar-refractivity contribution in [3.05, 3.63) is 62.6 Å². The summed E-state index contributed by atoms with van der Waals surface area (Å²) in [6.07, 6.45) is -12.7. The summed E-state index contributed by atoms with van der Waals surface area (Å²) in [6.45, 7) is 0. The summed E-state index contributed by atoms with van der Waals surface area (Å²) >= 11 is 17.5. The minimum Gasteiger partial charge on any atom is -0.478 e. The molecule has 1 N–H and O–H groups in total. The summed E-state index contributed by atoms with van der Waals surface area (Å²) in [6, 6.07) is 5.22. The number of hydrogen-bond acceptors (Lipinski definition) is 3. The van der Waals surface area contributed by atoms with Crippen LogP contribution in [0.25, 0.3) is 22.6 Å². The Bertz CT molecular complexity index is 1200. The fourth-order valence-corrected chi connectivity index (χ4v) is 3.74. The Kier molecular flexibility index (Phi) is 6.37. The molecule has 0 fully saturated rings. The molecule has 176 valence electrons. The number of aromatic nitrogens is 1. The third-order valence-corrected chi connectivity index (χ3v) is 5.40. The van der Waals surface area contributed by atoms with Gasteiger partial charge in [0.05, 0.1) is 26.2 Å². The molecule has 0 spiro atoms. The second-order valence-electron chi connectivity index (χ2n) is 6.55. The van der Waals surface area contributed by atoms with Crippen LogP contribution in [0.3, 0.4) is 0 Å². The Morgan fingerprint density at radius 2 is 1.39 bits per heavy atom. The number of rotatable bonds is 4. The molecular weight excluding hydrogens is 530 g/mol. The predicted octanol–water partition coefficient (Wildman–Crippen LogP) is 7.96. The van der Waals surface area contributed by atoms with Gasteiger partial charge >= 0.3 is 24.0 Å². The number of nitrogens with zero attached hydrogens (tertiary/aromatic N) is 1. The van der Waals surface area contributed by atoms with Crippen molar-refractivity contribution >= 4 is 40.8 Å². The van der Waals surface area contributed by atoms with Crippen molar-refractivity contribution < 1.29 is 45.2 Å². The van der Waals surface area contributed by atoms with E-state index in [1.54, 1.807) is 0 Å². The highest BCUT2D eigenvalue weighted by Gasteiger charge is 2.73. The summed E-state index contributed by atoms with van der Waals surface area (Å²) in [5.74, 6) is -1.63.